The number of rotatable bonds is 4. The van der Waals surface area contributed by atoms with E-state index < -0.39 is 15.8 Å². The summed E-state index contributed by atoms with van der Waals surface area (Å²) in [5.41, 5.74) is -0.118. The van der Waals surface area contributed by atoms with E-state index in [0.717, 1.165) is 31.7 Å². The third-order valence-corrected chi connectivity index (χ3v) is 7.34. The van der Waals surface area contributed by atoms with Gasteiger partial charge in [-0.15, -0.1) is 0 Å². The number of piperidine rings is 1. The largest absolute Gasteiger partial charge is 0.351 e. The van der Waals surface area contributed by atoms with Crippen molar-refractivity contribution in [2.24, 2.45) is 5.92 Å². The van der Waals surface area contributed by atoms with Crippen molar-refractivity contribution in [2.45, 2.75) is 55.9 Å². The average molecular weight is 368 g/mol. The van der Waals surface area contributed by atoms with Crippen LogP contribution in [0.4, 0.5) is 4.39 Å². The van der Waals surface area contributed by atoms with E-state index >= 15 is 0 Å². The van der Waals surface area contributed by atoms with Crippen molar-refractivity contribution < 1.29 is 17.6 Å². The van der Waals surface area contributed by atoms with Gasteiger partial charge in [-0.3, -0.25) is 4.79 Å². The van der Waals surface area contributed by atoms with Crippen molar-refractivity contribution >= 4 is 15.9 Å². The molecule has 5 nitrogen and oxygen atoms in total. The molecule has 0 spiro atoms. The molecule has 2 fully saturated rings. The standard InChI is InChI=1S/C18H25FN2O3S/c1-18(10-4-5-11-18)20-17(22)14-8-12-21(13-9-14)25(23,24)16-7-3-2-6-15(16)19/h2-3,6-7,14H,4-5,8-13H2,1H3,(H,20,22). The van der Waals surface area contributed by atoms with Crippen LogP contribution in [-0.2, 0) is 14.8 Å². The van der Waals surface area contributed by atoms with Gasteiger partial charge in [-0.05, 0) is 44.7 Å². The van der Waals surface area contributed by atoms with Gasteiger partial charge in [0.15, 0.2) is 0 Å². The second-order valence-electron chi connectivity index (χ2n) is 7.37. The fourth-order valence-electron chi connectivity index (χ4n) is 3.83. The van der Waals surface area contributed by atoms with E-state index in [2.05, 4.69) is 12.2 Å². The Kier molecular flexibility index (Phi) is 5.16. The minimum Gasteiger partial charge on any atom is -0.351 e. The second-order valence-corrected chi connectivity index (χ2v) is 9.27. The fraction of sp³-hybridized carbons (Fsp3) is 0.611. The topological polar surface area (TPSA) is 66.5 Å². The van der Waals surface area contributed by atoms with Crippen molar-refractivity contribution in [1.82, 2.24) is 9.62 Å². The van der Waals surface area contributed by atoms with Crippen LogP contribution >= 0.6 is 0 Å². The zero-order valence-electron chi connectivity index (χ0n) is 14.5. The summed E-state index contributed by atoms with van der Waals surface area (Å²) in [6, 6.07) is 5.41. The van der Waals surface area contributed by atoms with E-state index in [1.807, 2.05) is 0 Å². The molecule has 0 unspecified atom stereocenters. The molecule has 0 atom stereocenters. The van der Waals surface area contributed by atoms with Gasteiger partial charge >= 0.3 is 0 Å². The van der Waals surface area contributed by atoms with Crippen LogP contribution in [0.3, 0.4) is 0 Å². The monoisotopic (exact) mass is 368 g/mol. The SMILES string of the molecule is CC1(NC(=O)C2CCN(S(=O)(=O)c3ccccc3F)CC2)CCCC1. The summed E-state index contributed by atoms with van der Waals surface area (Å²) in [5.74, 6) is -0.895. The minimum atomic E-state index is -3.85. The van der Waals surface area contributed by atoms with Gasteiger partial charge in [-0.25, -0.2) is 12.8 Å². The van der Waals surface area contributed by atoms with Crippen LogP contribution in [0.15, 0.2) is 29.2 Å². The number of nitrogens with zero attached hydrogens (tertiary/aromatic N) is 1. The molecular weight excluding hydrogens is 343 g/mol. The van der Waals surface area contributed by atoms with E-state index in [-0.39, 0.29) is 35.3 Å². The van der Waals surface area contributed by atoms with Crippen molar-refractivity contribution in [3.63, 3.8) is 0 Å². The molecule has 3 rings (SSSR count). The zero-order valence-corrected chi connectivity index (χ0v) is 15.3. The van der Waals surface area contributed by atoms with Gasteiger partial charge in [0.2, 0.25) is 15.9 Å². The molecule has 1 aromatic rings. The molecule has 1 heterocycles. The van der Waals surface area contributed by atoms with Gasteiger partial charge in [-0.2, -0.15) is 4.31 Å². The molecule has 0 bridgehead atoms. The Morgan fingerprint density at radius 2 is 1.80 bits per heavy atom. The van der Waals surface area contributed by atoms with Crippen LogP contribution in [0.25, 0.3) is 0 Å². The van der Waals surface area contributed by atoms with Gasteiger partial charge in [-0.1, -0.05) is 25.0 Å². The van der Waals surface area contributed by atoms with Crippen LogP contribution in [0.5, 0.6) is 0 Å². The van der Waals surface area contributed by atoms with Crippen molar-refractivity contribution in [1.29, 1.82) is 0 Å². The van der Waals surface area contributed by atoms with E-state index in [1.54, 1.807) is 0 Å². The number of carbonyl (C=O) groups is 1. The lowest BCUT2D eigenvalue weighted by atomic mass is 9.94. The smallest absolute Gasteiger partial charge is 0.245 e. The summed E-state index contributed by atoms with van der Waals surface area (Å²) in [4.78, 5) is 12.2. The first-order valence-electron chi connectivity index (χ1n) is 8.89. The van der Waals surface area contributed by atoms with Crippen LogP contribution in [0.2, 0.25) is 0 Å². The molecule has 1 N–H and O–H groups in total. The Morgan fingerprint density at radius 1 is 1.20 bits per heavy atom. The molecule has 2 aliphatic rings. The maximum absolute atomic E-state index is 13.8. The number of halogens is 1. The molecule has 0 aromatic heterocycles. The van der Waals surface area contributed by atoms with Crippen molar-refractivity contribution in [3.05, 3.63) is 30.1 Å². The molecule has 138 valence electrons. The molecule has 1 aromatic carbocycles. The maximum Gasteiger partial charge on any atom is 0.245 e. The zero-order chi connectivity index (χ0) is 18.1. The Balaban J connectivity index is 1.62. The van der Waals surface area contributed by atoms with Crippen molar-refractivity contribution in [3.8, 4) is 0 Å². The highest BCUT2D eigenvalue weighted by molar-refractivity contribution is 7.89. The number of nitrogens with one attached hydrogen (secondary N) is 1. The van der Waals surface area contributed by atoms with Gasteiger partial charge in [0.25, 0.3) is 0 Å². The summed E-state index contributed by atoms with van der Waals surface area (Å²) in [6.45, 7) is 2.56. The Hall–Kier alpha value is -1.47. The molecule has 1 saturated heterocycles. The molecule has 1 saturated carbocycles. The Labute approximate surface area is 148 Å². The fourth-order valence-corrected chi connectivity index (χ4v) is 5.37. The summed E-state index contributed by atoms with van der Waals surface area (Å²) in [5, 5.41) is 3.15. The third-order valence-electron chi connectivity index (χ3n) is 5.41. The Bertz CT molecular complexity index is 736. The summed E-state index contributed by atoms with van der Waals surface area (Å²) in [7, 11) is -3.85. The molecule has 7 heteroatoms. The first kappa shape index (κ1) is 18.3. The normalized spacial score (nSPS) is 22.0. The third kappa shape index (κ3) is 3.87. The van der Waals surface area contributed by atoms with Crippen LogP contribution in [0.1, 0.15) is 45.4 Å². The van der Waals surface area contributed by atoms with Gasteiger partial charge in [0.05, 0.1) is 0 Å². The first-order chi connectivity index (χ1) is 11.8. The highest BCUT2D eigenvalue weighted by Crippen LogP contribution is 2.31. The van der Waals surface area contributed by atoms with E-state index in [4.69, 9.17) is 0 Å². The first-order valence-corrected chi connectivity index (χ1v) is 10.3. The quantitative estimate of drug-likeness (QED) is 0.889. The van der Waals surface area contributed by atoms with E-state index in [9.17, 15) is 17.6 Å². The van der Waals surface area contributed by atoms with Gasteiger partial charge in [0.1, 0.15) is 10.7 Å². The molecule has 1 aliphatic heterocycles. The van der Waals surface area contributed by atoms with E-state index in [0.29, 0.717) is 12.8 Å². The average Bonchev–Trinajstić information content (AvgIpc) is 3.01. The predicted octanol–water partition coefficient (Wildman–Crippen LogP) is 2.68. The Morgan fingerprint density at radius 3 is 2.40 bits per heavy atom. The van der Waals surface area contributed by atoms with Crippen LogP contribution < -0.4 is 5.32 Å². The summed E-state index contributed by atoms with van der Waals surface area (Å²) < 4.78 is 40.3. The number of benzene rings is 1. The number of carbonyl (C=O) groups excluding carboxylic acids is 1. The molecule has 0 radical (unpaired) electrons. The molecule has 25 heavy (non-hydrogen) atoms. The molecular formula is C18H25FN2O3S. The highest BCUT2D eigenvalue weighted by Gasteiger charge is 2.36. The summed E-state index contributed by atoms with van der Waals surface area (Å²) in [6.07, 6.45) is 5.20. The van der Waals surface area contributed by atoms with Crippen molar-refractivity contribution in [2.75, 3.05) is 13.1 Å². The summed E-state index contributed by atoms with van der Waals surface area (Å²) >= 11 is 0. The number of hydrogen-bond donors (Lipinski definition) is 1. The number of sulfonamides is 1. The van der Waals surface area contributed by atoms with Gasteiger partial charge < -0.3 is 5.32 Å². The lowest BCUT2D eigenvalue weighted by Gasteiger charge is -2.33. The molecule has 1 amide bonds. The lowest BCUT2D eigenvalue weighted by molar-refractivity contribution is -0.127. The lowest BCUT2D eigenvalue weighted by Crippen LogP contribution is -2.49. The predicted molar refractivity (Wildman–Crippen MR) is 92.9 cm³/mol. The maximum atomic E-state index is 13.8. The van der Waals surface area contributed by atoms with E-state index in [1.165, 1.54) is 22.5 Å². The number of amides is 1. The highest BCUT2D eigenvalue weighted by atomic mass is 32.2. The minimum absolute atomic E-state index is 0.0207. The molecule has 1 aliphatic carbocycles. The van der Waals surface area contributed by atoms with Crippen LogP contribution in [0, 0.1) is 11.7 Å². The van der Waals surface area contributed by atoms with Crippen LogP contribution in [-0.4, -0.2) is 37.3 Å². The van der Waals surface area contributed by atoms with Gasteiger partial charge in [0, 0.05) is 24.5 Å². The second kappa shape index (κ2) is 7.03. The number of hydrogen-bond acceptors (Lipinski definition) is 3.